The van der Waals surface area contributed by atoms with Gasteiger partial charge in [-0.25, -0.2) is 18.7 Å². The Morgan fingerprint density at radius 1 is 0.763 bits per heavy atom. The van der Waals surface area contributed by atoms with Gasteiger partial charge in [0.1, 0.15) is 22.9 Å². The maximum Gasteiger partial charge on any atom is 0.420 e. The first kappa shape index (κ1) is 24.9. The van der Waals surface area contributed by atoms with Crippen LogP contribution >= 0.6 is 0 Å². The number of imidazole rings is 1. The highest BCUT2D eigenvalue weighted by Crippen LogP contribution is 2.37. The molecule has 0 bridgehead atoms. The van der Waals surface area contributed by atoms with Crippen LogP contribution in [0.2, 0.25) is 0 Å². The molecule has 3 aromatic carbocycles. The number of rotatable bonds is 5. The van der Waals surface area contributed by atoms with Crippen LogP contribution in [0.5, 0.6) is 11.5 Å². The van der Waals surface area contributed by atoms with E-state index in [1.54, 1.807) is 45.3 Å². The minimum absolute atomic E-state index is 0.378. The van der Waals surface area contributed by atoms with Crippen LogP contribution < -0.4 is 4.74 Å². The molecular formula is C31H26FN3O3. The molecule has 0 radical (unpaired) electrons. The van der Waals surface area contributed by atoms with Gasteiger partial charge in [-0.15, -0.1) is 0 Å². The van der Waals surface area contributed by atoms with E-state index in [0.29, 0.717) is 39.8 Å². The van der Waals surface area contributed by atoms with Gasteiger partial charge in [-0.2, -0.15) is 0 Å². The number of hydrogen-bond donors (Lipinski definition) is 0. The lowest BCUT2D eigenvalue weighted by Crippen LogP contribution is -2.28. The van der Waals surface area contributed by atoms with E-state index in [4.69, 9.17) is 14.5 Å². The Kier molecular flexibility index (Phi) is 6.75. The Balaban J connectivity index is 1.68. The molecule has 2 aromatic heterocycles. The van der Waals surface area contributed by atoms with E-state index in [0.717, 1.165) is 5.56 Å². The van der Waals surface area contributed by atoms with Crippen molar-refractivity contribution in [1.82, 2.24) is 14.5 Å². The summed E-state index contributed by atoms with van der Waals surface area (Å²) < 4.78 is 27.0. The van der Waals surface area contributed by atoms with Crippen molar-refractivity contribution in [3.05, 3.63) is 109 Å². The molecule has 0 saturated heterocycles. The quantitative estimate of drug-likeness (QED) is 0.241. The molecule has 0 fully saturated rings. The number of carbonyl (C=O) groups is 1. The predicted octanol–water partition coefficient (Wildman–Crippen LogP) is 7.99. The van der Waals surface area contributed by atoms with E-state index in [-0.39, 0.29) is 5.82 Å². The molecule has 0 unspecified atom stereocenters. The molecule has 0 N–H and O–H groups in total. The van der Waals surface area contributed by atoms with Crippen LogP contribution in [-0.2, 0) is 4.74 Å². The summed E-state index contributed by atoms with van der Waals surface area (Å²) in [6.45, 7) is 5.41. The van der Waals surface area contributed by atoms with Crippen molar-refractivity contribution in [2.24, 2.45) is 0 Å². The molecule has 0 aliphatic carbocycles. The highest BCUT2D eigenvalue weighted by molar-refractivity contribution is 5.91. The predicted molar refractivity (Wildman–Crippen MR) is 144 cm³/mol. The Hall–Kier alpha value is -4.78. The minimum Gasteiger partial charge on any atom is -0.457 e. The zero-order valence-electron chi connectivity index (χ0n) is 21.3. The largest absolute Gasteiger partial charge is 0.457 e. The Morgan fingerprint density at radius 2 is 1.37 bits per heavy atom. The first-order valence-corrected chi connectivity index (χ1v) is 12.1. The van der Waals surface area contributed by atoms with Crippen molar-refractivity contribution >= 4 is 6.09 Å². The number of para-hydroxylation sites is 1. The number of carbonyl (C=O) groups excluding carboxylic acids is 1. The van der Waals surface area contributed by atoms with E-state index in [1.165, 1.54) is 16.7 Å². The standard InChI is InChI=1S/C31H26FN3O3/c1-31(2,3)38-30(36)35-28(22-9-13-24(32)14-10-22)27(21-17-19-33-20-18-21)34-29(35)23-11-15-26(16-12-23)37-25-7-5-4-6-8-25/h4-20H,1-3H3. The number of aromatic nitrogens is 3. The van der Waals surface area contributed by atoms with Crippen LogP contribution in [0.3, 0.4) is 0 Å². The summed E-state index contributed by atoms with van der Waals surface area (Å²) in [6.07, 6.45) is 2.72. The van der Waals surface area contributed by atoms with Gasteiger partial charge >= 0.3 is 6.09 Å². The van der Waals surface area contributed by atoms with Gasteiger partial charge in [0.25, 0.3) is 0 Å². The second kappa shape index (κ2) is 10.3. The van der Waals surface area contributed by atoms with Crippen LogP contribution in [-0.4, -0.2) is 26.2 Å². The lowest BCUT2D eigenvalue weighted by atomic mass is 10.1. The van der Waals surface area contributed by atoms with Gasteiger partial charge in [0, 0.05) is 29.1 Å². The highest BCUT2D eigenvalue weighted by Gasteiger charge is 2.28. The summed E-state index contributed by atoms with van der Waals surface area (Å²) in [5.41, 5.74) is 2.34. The molecule has 0 amide bonds. The van der Waals surface area contributed by atoms with Gasteiger partial charge in [-0.1, -0.05) is 18.2 Å². The molecule has 7 heteroatoms. The van der Waals surface area contributed by atoms with Gasteiger partial charge in [0.2, 0.25) is 0 Å². The maximum absolute atomic E-state index is 13.8. The zero-order valence-corrected chi connectivity index (χ0v) is 21.3. The van der Waals surface area contributed by atoms with Crippen LogP contribution in [0.4, 0.5) is 9.18 Å². The average Bonchev–Trinajstić information content (AvgIpc) is 3.31. The summed E-state index contributed by atoms with van der Waals surface area (Å²) in [4.78, 5) is 22.7. The van der Waals surface area contributed by atoms with Crippen molar-refractivity contribution < 1.29 is 18.7 Å². The number of hydrogen-bond acceptors (Lipinski definition) is 5. The summed E-state index contributed by atoms with van der Waals surface area (Å²) in [5, 5.41) is 0. The highest BCUT2D eigenvalue weighted by atomic mass is 19.1. The first-order chi connectivity index (χ1) is 18.3. The Labute approximate surface area is 220 Å². The van der Waals surface area contributed by atoms with Gasteiger partial charge in [0.05, 0.1) is 11.4 Å². The maximum atomic E-state index is 13.8. The van der Waals surface area contributed by atoms with Gasteiger partial charge in [-0.3, -0.25) is 4.98 Å². The fourth-order valence-corrected chi connectivity index (χ4v) is 3.98. The molecule has 38 heavy (non-hydrogen) atoms. The molecule has 2 heterocycles. The molecule has 190 valence electrons. The molecular weight excluding hydrogens is 481 g/mol. The van der Waals surface area contributed by atoms with Gasteiger partial charge in [-0.05, 0) is 93.6 Å². The van der Waals surface area contributed by atoms with Crippen molar-refractivity contribution in [3.8, 4) is 45.4 Å². The molecule has 5 aromatic rings. The number of ether oxygens (including phenoxy) is 2. The summed E-state index contributed by atoms with van der Waals surface area (Å²) in [5.74, 6) is 1.37. The second-order valence-corrected chi connectivity index (χ2v) is 9.63. The normalized spacial score (nSPS) is 11.3. The fourth-order valence-electron chi connectivity index (χ4n) is 3.98. The molecule has 0 atom stereocenters. The molecule has 0 aliphatic heterocycles. The number of nitrogens with zero attached hydrogens (tertiary/aromatic N) is 3. The van der Waals surface area contributed by atoms with Crippen LogP contribution in [0, 0.1) is 5.82 Å². The smallest absolute Gasteiger partial charge is 0.420 e. The molecule has 0 aliphatic rings. The SMILES string of the molecule is CC(C)(C)OC(=O)n1c(-c2ccc(Oc3ccccc3)cc2)nc(-c2ccncc2)c1-c1ccc(F)cc1. The average molecular weight is 508 g/mol. The van der Waals surface area contributed by atoms with Crippen LogP contribution in [0.15, 0.2) is 103 Å². The van der Waals surface area contributed by atoms with Crippen molar-refractivity contribution in [2.45, 2.75) is 26.4 Å². The number of benzene rings is 3. The van der Waals surface area contributed by atoms with Crippen LogP contribution in [0.25, 0.3) is 33.9 Å². The summed E-state index contributed by atoms with van der Waals surface area (Å²) in [7, 11) is 0. The number of pyridine rings is 1. The fraction of sp³-hybridized carbons (Fsp3) is 0.129. The van der Waals surface area contributed by atoms with E-state index < -0.39 is 11.7 Å². The Bertz CT molecular complexity index is 1540. The van der Waals surface area contributed by atoms with E-state index in [9.17, 15) is 9.18 Å². The van der Waals surface area contributed by atoms with Gasteiger partial charge < -0.3 is 9.47 Å². The second-order valence-electron chi connectivity index (χ2n) is 9.63. The zero-order chi connectivity index (χ0) is 26.7. The Morgan fingerprint density at radius 3 is 2.00 bits per heavy atom. The van der Waals surface area contributed by atoms with Gasteiger partial charge in [0.15, 0.2) is 5.82 Å². The minimum atomic E-state index is -0.747. The first-order valence-electron chi connectivity index (χ1n) is 12.1. The van der Waals surface area contributed by atoms with E-state index >= 15 is 0 Å². The molecule has 0 saturated carbocycles. The third kappa shape index (κ3) is 5.47. The number of halogens is 1. The van der Waals surface area contributed by atoms with Crippen molar-refractivity contribution in [2.75, 3.05) is 0 Å². The van der Waals surface area contributed by atoms with Crippen molar-refractivity contribution in [3.63, 3.8) is 0 Å². The third-order valence-electron chi connectivity index (χ3n) is 5.62. The third-order valence-corrected chi connectivity index (χ3v) is 5.62. The molecule has 5 rings (SSSR count). The van der Waals surface area contributed by atoms with E-state index in [1.807, 2.05) is 66.7 Å². The monoisotopic (exact) mass is 507 g/mol. The summed E-state index contributed by atoms with van der Waals surface area (Å²) >= 11 is 0. The topological polar surface area (TPSA) is 66.2 Å². The lowest BCUT2D eigenvalue weighted by molar-refractivity contribution is 0.0542. The van der Waals surface area contributed by atoms with Crippen molar-refractivity contribution in [1.29, 1.82) is 0 Å². The van der Waals surface area contributed by atoms with E-state index in [2.05, 4.69) is 4.98 Å². The molecule has 6 nitrogen and oxygen atoms in total. The molecule has 0 spiro atoms. The van der Waals surface area contributed by atoms with Crippen LogP contribution in [0.1, 0.15) is 20.8 Å². The lowest BCUT2D eigenvalue weighted by Gasteiger charge is -2.21. The summed E-state index contributed by atoms with van der Waals surface area (Å²) in [6, 6.07) is 26.4.